The second-order valence-electron chi connectivity index (χ2n) is 6.34. The monoisotopic (exact) mass is 358 g/mol. The van der Waals surface area contributed by atoms with E-state index in [1.165, 1.54) is 22.5 Å². The van der Waals surface area contributed by atoms with Crippen LogP contribution < -0.4 is 5.32 Å². The Hall–Kier alpha value is -2.98. The SMILES string of the molecule is Cc1ccc(C)c(-c2csc(NC(=O)c3cccc4ccccc34)n2)c1. The van der Waals surface area contributed by atoms with Crippen molar-refractivity contribution in [3.8, 4) is 11.3 Å². The van der Waals surface area contributed by atoms with Gasteiger partial charge in [-0.15, -0.1) is 11.3 Å². The first-order chi connectivity index (χ1) is 12.6. The molecule has 4 aromatic rings. The van der Waals surface area contributed by atoms with Gasteiger partial charge in [0.2, 0.25) is 0 Å². The van der Waals surface area contributed by atoms with E-state index in [2.05, 4.69) is 42.3 Å². The summed E-state index contributed by atoms with van der Waals surface area (Å²) in [6.07, 6.45) is 0. The number of aromatic nitrogens is 1. The number of thiazole rings is 1. The number of nitrogens with one attached hydrogen (secondary N) is 1. The molecule has 4 rings (SSSR count). The zero-order valence-corrected chi connectivity index (χ0v) is 15.4. The van der Waals surface area contributed by atoms with Gasteiger partial charge in [-0.2, -0.15) is 0 Å². The molecule has 0 aliphatic heterocycles. The summed E-state index contributed by atoms with van der Waals surface area (Å²) in [7, 11) is 0. The first-order valence-electron chi connectivity index (χ1n) is 8.44. The summed E-state index contributed by atoms with van der Waals surface area (Å²) in [6.45, 7) is 4.14. The summed E-state index contributed by atoms with van der Waals surface area (Å²) in [5, 5.41) is 7.53. The smallest absolute Gasteiger partial charge is 0.258 e. The maximum absolute atomic E-state index is 12.8. The molecule has 0 atom stereocenters. The maximum Gasteiger partial charge on any atom is 0.258 e. The van der Waals surface area contributed by atoms with Crippen LogP contribution in [0.25, 0.3) is 22.0 Å². The van der Waals surface area contributed by atoms with Gasteiger partial charge in [0.05, 0.1) is 5.69 Å². The number of carbonyl (C=O) groups excluding carboxylic acids is 1. The standard InChI is InChI=1S/C22H18N2OS/c1-14-10-11-15(2)19(12-14)20-13-26-22(23-20)24-21(25)18-9-5-7-16-6-3-4-8-17(16)18/h3-13H,1-2H3,(H,23,24,25). The molecule has 4 heteroatoms. The molecule has 0 fully saturated rings. The molecule has 0 unspecified atom stereocenters. The van der Waals surface area contributed by atoms with Crippen LogP contribution in [0.2, 0.25) is 0 Å². The fourth-order valence-corrected chi connectivity index (χ4v) is 3.76. The van der Waals surface area contributed by atoms with E-state index in [4.69, 9.17) is 0 Å². The molecule has 0 radical (unpaired) electrons. The Kier molecular flexibility index (Phi) is 4.27. The number of carbonyl (C=O) groups is 1. The lowest BCUT2D eigenvalue weighted by molar-refractivity contribution is 0.102. The fraction of sp³-hybridized carbons (Fsp3) is 0.0909. The number of anilines is 1. The maximum atomic E-state index is 12.8. The predicted octanol–water partition coefficient (Wildman–Crippen LogP) is 5.83. The lowest BCUT2D eigenvalue weighted by Gasteiger charge is -2.06. The van der Waals surface area contributed by atoms with Crippen LogP contribution in [0.15, 0.2) is 66.0 Å². The molecule has 1 N–H and O–H groups in total. The molecular weight excluding hydrogens is 340 g/mol. The summed E-state index contributed by atoms with van der Waals surface area (Å²) in [6, 6.07) is 20.0. The van der Waals surface area contributed by atoms with Crippen molar-refractivity contribution in [2.45, 2.75) is 13.8 Å². The number of hydrogen-bond donors (Lipinski definition) is 1. The minimum absolute atomic E-state index is 0.135. The van der Waals surface area contributed by atoms with E-state index in [0.717, 1.165) is 22.0 Å². The molecule has 3 aromatic carbocycles. The summed E-state index contributed by atoms with van der Waals surface area (Å²) in [4.78, 5) is 17.4. The number of fused-ring (bicyclic) bond motifs is 1. The molecule has 26 heavy (non-hydrogen) atoms. The predicted molar refractivity (Wildman–Crippen MR) is 109 cm³/mol. The van der Waals surface area contributed by atoms with E-state index in [-0.39, 0.29) is 5.91 Å². The van der Waals surface area contributed by atoms with E-state index in [9.17, 15) is 4.79 Å². The summed E-state index contributed by atoms with van der Waals surface area (Å²) >= 11 is 1.44. The largest absolute Gasteiger partial charge is 0.298 e. The van der Waals surface area contributed by atoms with Crippen LogP contribution in [0.1, 0.15) is 21.5 Å². The molecule has 0 saturated heterocycles. The Balaban J connectivity index is 1.63. The molecule has 1 heterocycles. The molecule has 3 nitrogen and oxygen atoms in total. The lowest BCUT2D eigenvalue weighted by Crippen LogP contribution is -2.12. The van der Waals surface area contributed by atoms with Crippen molar-refractivity contribution < 1.29 is 4.79 Å². The average Bonchev–Trinajstić information content (AvgIpc) is 3.11. The van der Waals surface area contributed by atoms with E-state index in [0.29, 0.717) is 10.7 Å². The van der Waals surface area contributed by atoms with Gasteiger partial charge in [-0.1, -0.05) is 54.1 Å². The molecule has 0 saturated carbocycles. The van der Waals surface area contributed by atoms with Gasteiger partial charge in [-0.25, -0.2) is 4.98 Å². The van der Waals surface area contributed by atoms with Gasteiger partial charge in [-0.3, -0.25) is 10.1 Å². The van der Waals surface area contributed by atoms with Crippen molar-refractivity contribution in [3.05, 3.63) is 82.7 Å². The molecule has 0 bridgehead atoms. The van der Waals surface area contributed by atoms with Gasteiger partial charge in [0, 0.05) is 16.5 Å². The molecule has 0 aliphatic rings. The van der Waals surface area contributed by atoms with Crippen LogP contribution in [0.5, 0.6) is 0 Å². The van der Waals surface area contributed by atoms with Gasteiger partial charge in [0.25, 0.3) is 5.91 Å². The first kappa shape index (κ1) is 16.5. The minimum atomic E-state index is -0.135. The minimum Gasteiger partial charge on any atom is -0.298 e. The van der Waals surface area contributed by atoms with Crippen molar-refractivity contribution in [1.29, 1.82) is 0 Å². The van der Waals surface area contributed by atoms with Crippen molar-refractivity contribution in [2.24, 2.45) is 0 Å². The van der Waals surface area contributed by atoms with E-state index in [1.54, 1.807) is 0 Å². The Morgan fingerprint density at radius 1 is 1.00 bits per heavy atom. The highest BCUT2D eigenvalue weighted by atomic mass is 32.1. The molecule has 128 valence electrons. The number of aryl methyl sites for hydroxylation is 2. The molecule has 1 amide bonds. The van der Waals surface area contributed by atoms with Crippen molar-refractivity contribution in [1.82, 2.24) is 4.98 Å². The van der Waals surface area contributed by atoms with Crippen LogP contribution in [0, 0.1) is 13.8 Å². The highest BCUT2D eigenvalue weighted by molar-refractivity contribution is 7.14. The number of hydrogen-bond acceptors (Lipinski definition) is 3. The van der Waals surface area contributed by atoms with Crippen molar-refractivity contribution >= 4 is 33.1 Å². The van der Waals surface area contributed by atoms with Crippen molar-refractivity contribution in [2.75, 3.05) is 5.32 Å². The second-order valence-corrected chi connectivity index (χ2v) is 7.20. The quantitative estimate of drug-likeness (QED) is 0.500. The second kappa shape index (κ2) is 6.73. The summed E-state index contributed by atoms with van der Waals surface area (Å²) < 4.78 is 0. The summed E-state index contributed by atoms with van der Waals surface area (Å²) in [5.41, 5.74) is 5.02. The van der Waals surface area contributed by atoms with Crippen LogP contribution in [0.4, 0.5) is 5.13 Å². The Labute approximate surface area is 156 Å². The Morgan fingerprint density at radius 2 is 1.81 bits per heavy atom. The van der Waals surface area contributed by atoms with Gasteiger partial charge in [0.1, 0.15) is 0 Å². The molecule has 1 aromatic heterocycles. The fourth-order valence-electron chi connectivity index (χ4n) is 3.05. The molecule has 0 aliphatic carbocycles. The van der Waals surface area contributed by atoms with Gasteiger partial charge in [0.15, 0.2) is 5.13 Å². The van der Waals surface area contributed by atoms with E-state index >= 15 is 0 Å². The topological polar surface area (TPSA) is 42.0 Å². The van der Waals surface area contributed by atoms with Crippen LogP contribution in [0.3, 0.4) is 0 Å². The number of amides is 1. The zero-order valence-electron chi connectivity index (χ0n) is 14.6. The van der Waals surface area contributed by atoms with Crippen molar-refractivity contribution in [3.63, 3.8) is 0 Å². The third-order valence-corrected chi connectivity index (χ3v) is 5.19. The van der Waals surface area contributed by atoms with Gasteiger partial charge >= 0.3 is 0 Å². The summed E-state index contributed by atoms with van der Waals surface area (Å²) in [5.74, 6) is -0.135. The highest BCUT2D eigenvalue weighted by Gasteiger charge is 2.13. The highest BCUT2D eigenvalue weighted by Crippen LogP contribution is 2.29. The van der Waals surface area contributed by atoms with Crippen LogP contribution >= 0.6 is 11.3 Å². The van der Waals surface area contributed by atoms with Gasteiger partial charge < -0.3 is 0 Å². The first-order valence-corrected chi connectivity index (χ1v) is 9.32. The number of benzene rings is 3. The normalized spacial score (nSPS) is 10.8. The van der Waals surface area contributed by atoms with Crippen LogP contribution in [-0.2, 0) is 0 Å². The van der Waals surface area contributed by atoms with Gasteiger partial charge in [-0.05, 0) is 42.3 Å². The lowest BCUT2D eigenvalue weighted by atomic mass is 10.0. The third kappa shape index (κ3) is 3.11. The van der Waals surface area contributed by atoms with E-state index in [1.807, 2.05) is 47.8 Å². The molecule has 0 spiro atoms. The number of rotatable bonds is 3. The number of nitrogens with zero attached hydrogens (tertiary/aromatic N) is 1. The average molecular weight is 358 g/mol. The zero-order chi connectivity index (χ0) is 18.1. The van der Waals surface area contributed by atoms with Crippen LogP contribution in [-0.4, -0.2) is 10.9 Å². The Bertz CT molecular complexity index is 1110. The third-order valence-electron chi connectivity index (χ3n) is 4.43. The molecular formula is C22H18N2OS. The Morgan fingerprint density at radius 3 is 2.69 bits per heavy atom. The van der Waals surface area contributed by atoms with E-state index < -0.39 is 0 Å².